The predicted octanol–water partition coefficient (Wildman–Crippen LogP) is 3.08. The highest BCUT2D eigenvalue weighted by atomic mass is 19.1. The number of rotatable bonds is 3. The van der Waals surface area contributed by atoms with Gasteiger partial charge in [0, 0.05) is 19.7 Å². The lowest BCUT2D eigenvalue weighted by Gasteiger charge is -2.38. The summed E-state index contributed by atoms with van der Waals surface area (Å²) in [5, 5.41) is 2.82. The van der Waals surface area contributed by atoms with Crippen LogP contribution < -0.4 is 5.32 Å². The number of halogens is 1. The van der Waals surface area contributed by atoms with Gasteiger partial charge in [-0.1, -0.05) is 12.1 Å². The van der Waals surface area contributed by atoms with E-state index in [9.17, 15) is 14.0 Å². The third-order valence-corrected chi connectivity index (χ3v) is 4.55. The van der Waals surface area contributed by atoms with Crippen LogP contribution >= 0.6 is 0 Å². The van der Waals surface area contributed by atoms with Crippen LogP contribution in [0.2, 0.25) is 0 Å². The van der Waals surface area contributed by atoms with Crippen LogP contribution in [0.15, 0.2) is 42.6 Å². The van der Waals surface area contributed by atoms with Crippen LogP contribution in [0.5, 0.6) is 0 Å². The van der Waals surface area contributed by atoms with Gasteiger partial charge in [0.25, 0.3) is 0 Å². The molecule has 3 rings (SSSR count). The molecule has 0 saturated carbocycles. The quantitative estimate of drug-likeness (QED) is 0.933. The van der Waals surface area contributed by atoms with E-state index in [2.05, 4.69) is 10.3 Å². The Bertz CT molecular complexity index is 809. The van der Waals surface area contributed by atoms with Crippen LogP contribution in [-0.2, 0) is 9.59 Å². The lowest BCUT2D eigenvalue weighted by Crippen LogP contribution is -2.44. The molecule has 0 aliphatic carbocycles. The van der Waals surface area contributed by atoms with Gasteiger partial charge in [-0.2, -0.15) is 0 Å². The zero-order chi connectivity index (χ0) is 18.0. The Balaban J connectivity index is 1.89. The van der Waals surface area contributed by atoms with E-state index in [1.807, 2.05) is 13.0 Å². The van der Waals surface area contributed by atoms with Gasteiger partial charge in [0.15, 0.2) is 0 Å². The fraction of sp³-hybridized carbons (Fsp3) is 0.316. The number of amides is 2. The summed E-state index contributed by atoms with van der Waals surface area (Å²) in [6.45, 7) is 1.92. The lowest BCUT2D eigenvalue weighted by atomic mass is 9.84. The van der Waals surface area contributed by atoms with Crippen LogP contribution in [0.25, 0.3) is 0 Å². The molecular formula is C19H20FN3O2. The number of aryl methyl sites for hydroxylation is 1. The second-order valence-corrected chi connectivity index (χ2v) is 6.36. The van der Waals surface area contributed by atoms with Crippen LogP contribution in [0, 0.1) is 18.7 Å². The Hall–Kier alpha value is -2.76. The average molecular weight is 341 g/mol. The fourth-order valence-corrected chi connectivity index (χ4v) is 3.28. The highest BCUT2D eigenvalue weighted by Gasteiger charge is 2.39. The Morgan fingerprint density at radius 2 is 2.12 bits per heavy atom. The number of aromatic nitrogens is 1. The molecule has 130 valence electrons. The van der Waals surface area contributed by atoms with Gasteiger partial charge in [0.2, 0.25) is 11.8 Å². The number of hydrogen-bond donors (Lipinski definition) is 1. The molecule has 0 spiro atoms. The molecule has 2 heterocycles. The van der Waals surface area contributed by atoms with Crippen molar-refractivity contribution >= 4 is 17.6 Å². The van der Waals surface area contributed by atoms with Crippen molar-refractivity contribution in [3.63, 3.8) is 0 Å². The molecule has 25 heavy (non-hydrogen) atoms. The van der Waals surface area contributed by atoms with Crippen LogP contribution in [0.1, 0.15) is 30.0 Å². The lowest BCUT2D eigenvalue weighted by molar-refractivity contribution is -0.140. The molecular weight excluding hydrogens is 321 g/mol. The number of carbonyl (C=O) groups is 2. The summed E-state index contributed by atoms with van der Waals surface area (Å²) < 4.78 is 13.7. The number of nitrogens with one attached hydrogen (secondary N) is 1. The largest absolute Gasteiger partial charge is 0.338 e. The zero-order valence-electron chi connectivity index (χ0n) is 14.2. The smallest absolute Gasteiger partial charge is 0.231 e. The SMILES string of the molecule is Cc1ccnc(NC(=O)C2CCC(=O)N(C)C2c2cccc(F)c2)c1. The van der Waals surface area contributed by atoms with Gasteiger partial charge in [-0.05, 0) is 48.7 Å². The number of carbonyl (C=O) groups excluding carboxylic acids is 2. The minimum absolute atomic E-state index is 0.0491. The summed E-state index contributed by atoms with van der Waals surface area (Å²) in [4.78, 5) is 30.6. The molecule has 2 unspecified atom stereocenters. The normalized spacial score (nSPS) is 20.4. The number of nitrogens with zero attached hydrogens (tertiary/aromatic N) is 2. The molecule has 0 radical (unpaired) electrons. The van der Waals surface area contributed by atoms with Gasteiger partial charge < -0.3 is 10.2 Å². The maximum Gasteiger partial charge on any atom is 0.231 e. The molecule has 2 amide bonds. The first-order chi connectivity index (χ1) is 12.0. The summed E-state index contributed by atoms with van der Waals surface area (Å²) >= 11 is 0. The topological polar surface area (TPSA) is 62.3 Å². The average Bonchev–Trinajstić information content (AvgIpc) is 2.57. The first kappa shape index (κ1) is 17.1. The van der Waals surface area contributed by atoms with E-state index in [1.54, 1.807) is 31.4 Å². The van der Waals surface area contributed by atoms with Crippen molar-refractivity contribution in [2.24, 2.45) is 5.92 Å². The third-order valence-electron chi connectivity index (χ3n) is 4.55. The minimum Gasteiger partial charge on any atom is -0.338 e. The Morgan fingerprint density at radius 3 is 2.84 bits per heavy atom. The monoisotopic (exact) mass is 341 g/mol. The van der Waals surface area contributed by atoms with Gasteiger partial charge in [0.05, 0.1) is 12.0 Å². The van der Waals surface area contributed by atoms with Crippen LogP contribution in [0.3, 0.4) is 0 Å². The van der Waals surface area contributed by atoms with E-state index in [0.717, 1.165) is 5.56 Å². The number of anilines is 1. The molecule has 2 atom stereocenters. The molecule has 1 aromatic carbocycles. The predicted molar refractivity (Wildman–Crippen MR) is 92.2 cm³/mol. The first-order valence-electron chi connectivity index (χ1n) is 8.20. The Labute approximate surface area is 145 Å². The molecule has 6 heteroatoms. The fourth-order valence-electron chi connectivity index (χ4n) is 3.28. The molecule has 1 saturated heterocycles. The molecule has 5 nitrogen and oxygen atoms in total. The molecule has 1 aromatic heterocycles. The minimum atomic E-state index is -0.498. The summed E-state index contributed by atoms with van der Waals surface area (Å²) in [5.41, 5.74) is 1.61. The molecule has 1 aliphatic rings. The Morgan fingerprint density at radius 1 is 1.32 bits per heavy atom. The second-order valence-electron chi connectivity index (χ2n) is 6.36. The van der Waals surface area contributed by atoms with Crippen molar-refractivity contribution in [2.75, 3.05) is 12.4 Å². The van der Waals surface area contributed by atoms with Gasteiger partial charge in [-0.25, -0.2) is 9.37 Å². The number of benzene rings is 1. The summed E-state index contributed by atoms with van der Waals surface area (Å²) in [6.07, 6.45) is 2.34. The van der Waals surface area contributed by atoms with Crippen molar-refractivity contribution in [3.05, 3.63) is 59.5 Å². The van der Waals surface area contributed by atoms with E-state index in [1.165, 1.54) is 17.0 Å². The number of piperidine rings is 1. The van der Waals surface area contributed by atoms with Crippen molar-refractivity contribution in [3.8, 4) is 0 Å². The highest BCUT2D eigenvalue weighted by Crippen LogP contribution is 2.36. The number of pyridine rings is 1. The van der Waals surface area contributed by atoms with Crippen molar-refractivity contribution < 1.29 is 14.0 Å². The highest BCUT2D eigenvalue weighted by molar-refractivity contribution is 5.94. The van der Waals surface area contributed by atoms with Crippen LogP contribution in [-0.4, -0.2) is 28.7 Å². The Kier molecular flexibility index (Phi) is 4.79. The van der Waals surface area contributed by atoms with Crippen molar-refractivity contribution in [1.29, 1.82) is 0 Å². The first-order valence-corrected chi connectivity index (χ1v) is 8.20. The van der Waals surface area contributed by atoms with Gasteiger partial charge >= 0.3 is 0 Å². The van der Waals surface area contributed by atoms with Gasteiger partial charge in [0.1, 0.15) is 11.6 Å². The van der Waals surface area contributed by atoms with Gasteiger partial charge in [-0.3, -0.25) is 9.59 Å². The molecule has 1 aliphatic heterocycles. The van der Waals surface area contributed by atoms with Gasteiger partial charge in [-0.15, -0.1) is 0 Å². The number of likely N-dealkylation sites (tertiary alicyclic amines) is 1. The third kappa shape index (κ3) is 3.68. The van der Waals surface area contributed by atoms with Crippen molar-refractivity contribution in [1.82, 2.24) is 9.88 Å². The molecule has 1 fully saturated rings. The maximum atomic E-state index is 13.7. The summed E-state index contributed by atoms with van der Waals surface area (Å²) in [6, 6.07) is 9.19. The van der Waals surface area contributed by atoms with E-state index in [0.29, 0.717) is 24.2 Å². The maximum absolute atomic E-state index is 13.7. The van der Waals surface area contributed by atoms with E-state index in [-0.39, 0.29) is 17.6 Å². The van der Waals surface area contributed by atoms with E-state index in [4.69, 9.17) is 0 Å². The number of hydrogen-bond acceptors (Lipinski definition) is 3. The zero-order valence-corrected chi connectivity index (χ0v) is 14.2. The van der Waals surface area contributed by atoms with Crippen LogP contribution in [0.4, 0.5) is 10.2 Å². The molecule has 2 aromatic rings. The van der Waals surface area contributed by atoms with E-state index < -0.39 is 12.0 Å². The summed E-state index contributed by atoms with van der Waals surface area (Å²) in [7, 11) is 1.66. The molecule has 0 bridgehead atoms. The molecule has 1 N–H and O–H groups in total. The standard InChI is InChI=1S/C19H20FN3O2/c1-12-8-9-21-16(10-12)22-19(25)15-6-7-17(24)23(2)18(15)13-4-3-5-14(20)11-13/h3-5,8-11,15,18H,6-7H2,1-2H3,(H,21,22,25). The van der Waals surface area contributed by atoms with E-state index >= 15 is 0 Å². The summed E-state index contributed by atoms with van der Waals surface area (Å²) in [5.74, 6) is -0.642. The van der Waals surface area contributed by atoms with Crippen molar-refractivity contribution in [2.45, 2.75) is 25.8 Å². The second kappa shape index (κ2) is 7.01.